The molecule has 14 heteroatoms. The highest BCUT2D eigenvalue weighted by Gasteiger charge is 2.53. The van der Waals surface area contributed by atoms with Gasteiger partial charge in [-0.15, -0.1) is 0 Å². The summed E-state index contributed by atoms with van der Waals surface area (Å²) in [4.78, 5) is 4.27. The molecule has 0 spiro atoms. The summed E-state index contributed by atoms with van der Waals surface area (Å²) in [5.74, 6) is -1.60. The third-order valence-corrected chi connectivity index (χ3v) is 4.42. The van der Waals surface area contributed by atoms with Gasteiger partial charge >= 0.3 is 20.8 Å². The number of rotatable bonds is 6. The molecule has 1 rings (SSSR count). The molecule has 0 saturated heterocycles. The molecule has 0 aliphatic heterocycles. The van der Waals surface area contributed by atoms with Gasteiger partial charge in [0.1, 0.15) is 12.2 Å². The molecule has 0 radical (unpaired) electrons. The van der Waals surface area contributed by atoms with Crippen molar-refractivity contribution in [2.45, 2.75) is 38.3 Å². The van der Waals surface area contributed by atoms with Gasteiger partial charge in [0.2, 0.25) is 0 Å². The molecule has 0 heterocycles. The van der Waals surface area contributed by atoms with Crippen LogP contribution in [-0.2, 0) is 39.1 Å². The molecule has 1 unspecified atom stereocenters. The Labute approximate surface area is 126 Å². The second-order valence-corrected chi connectivity index (χ2v) is 6.92. The van der Waals surface area contributed by atoms with Crippen LogP contribution in [0.1, 0.15) is 13.8 Å². The largest absolute Gasteiger partial charge is 0.397 e. The molecule has 4 N–H and O–H groups in total. The molecule has 1 aliphatic carbocycles. The van der Waals surface area contributed by atoms with Gasteiger partial charge in [-0.2, -0.15) is 21.7 Å². The average molecular weight is 368 g/mol. The van der Waals surface area contributed by atoms with Gasteiger partial charge in [-0.25, -0.2) is 13.6 Å². The van der Waals surface area contributed by atoms with E-state index in [1.807, 2.05) is 0 Å². The van der Waals surface area contributed by atoms with Crippen molar-refractivity contribution in [3.05, 3.63) is 0 Å². The van der Waals surface area contributed by atoms with E-state index in [4.69, 9.17) is 14.4 Å². The summed E-state index contributed by atoms with van der Waals surface area (Å²) in [5.41, 5.74) is 0. The van der Waals surface area contributed by atoms with Crippen LogP contribution in [0.3, 0.4) is 0 Å². The van der Waals surface area contributed by atoms with E-state index in [1.165, 1.54) is 13.8 Å². The van der Waals surface area contributed by atoms with Crippen molar-refractivity contribution >= 4 is 20.8 Å². The number of hydrogen-bond donors (Lipinski definition) is 4. The standard InChI is InChI=1S/C8H16O12S2/c1-3-4(2)6(18-21(11,12)13)8(19-22(14,15)16)7(5(3)9)17-20-10/h3-10H,1-2H3,(H,11,12,13)(H,14,15,16)/t3-,4-,5+,6+,7-,8?/m1/s1. The van der Waals surface area contributed by atoms with Gasteiger partial charge in [0.25, 0.3) is 0 Å². The Morgan fingerprint density at radius 1 is 0.818 bits per heavy atom. The maximum atomic E-state index is 10.9. The number of aliphatic hydroxyl groups is 1. The second kappa shape index (κ2) is 7.00. The molecule has 1 fully saturated rings. The van der Waals surface area contributed by atoms with Crippen molar-refractivity contribution in [1.29, 1.82) is 0 Å². The summed E-state index contributed by atoms with van der Waals surface area (Å²) < 4.78 is 69.7. The first-order valence-corrected chi connectivity index (χ1v) is 8.56. The van der Waals surface area contributed by atoms with Crippen molar-refractivity contribution in [1.82, 2.24) is 0 Å². The van der Waals surface area contributed by atoms with Crippen molar-refractivity contribution < 1.29 is 54.6 Å². The summed E-state index contributed by atoms with van der Waals surface area (Å²) in [6.45, 7) is 2.81. The topological polar surface area (TPSA) is 186 Å². The van der Waals surface area contributed by atoms with E-state index in [2.05, 4.69) is 18.3 Å². The highest BCUT2D eigenvalue weighted by atomic mass is 32.3. The Morgan fingerprint density at radius 2 is 1.27 bits per heavy atom. The van der Waals surface area contributed by atoms with Gasteiger partial charge < -0.3 is 5.11 Å². The predicted molar refractivity (Wildman–Crippen MR) is 65.8 cm³/mol. The van der Waals surface area contributed by atoms with Crippen LogP contribution < -0.4 is 0 Å². The minimum absolute atomic E-state index is 0.742. The fourth-order valence-electron chi connectivity index (χ4n) is 2.28. The normalized spacial score (nSPS) is 37.2. The molecule has 0 aromatic rings. The molecule has 1 saturated carbocycles. The number of aliphatic hydroxyl groups excluding tert-OH is 1. The zero-order valence-corrected chi connectivity index (χ0v) is 13.0. The Hall–Kier alpha value is -0.420. The maximum absolute atomic E-state index is 10.9. The molecule has 0 amide bonds. The third-order valence-electron chi connectivity index (χ3n) is 3.49. The first-order valence-electron chi connectivity index (χ1n) is 5.83. The third kappa shape index (κ3) is 5.05. The maximum Gasteiger partial charge on any atom is 0.397 e. The second-order valence-electron chi connectivity index (χ2n) is 4.82. The van der Waals surface area contributed by atoms with E-state index in [9.17, 15) is 21.9 Å². The van der Waals surface area contributed by atoms with Gasteiger partial charge in [0.05, 0.1) is 6.10 Å². The van der Waals surface area contributed by atoms with Crippen LogP contribution in [0.15, 0.2) is 0 Å². The first kappa shape index (κ1) is 19.6. The monoisotopic (exact) mass is 368 g/mol. The Bertz CT molecular complexity index is 570. The summed E-state index contributed by atoms with van der Waals surface area (Å²) >= 11 is 0. The Balaban J connectivity index is 3.25. The van der Waals surface area contributed by atoms with Gasteiger partial charge in [-0.1, -0.05) is 18.9 Å². The van der Waals surface area contributed by atoms with Crippen LogP contribution in [0.25, 0.3) is 0 Å². The molecule has 22 heavy (non-hydrogen) atoms. The summed E-state index contributed by atoms with van der Waals surface area (Å²) in [6, 6.07) is 0. The van der Waals surface area contributed by atoms with E-state index in [1.54, 1.807) is 0 Å². The van der Waals surface area contributed by atoms with Crippen molar-refractivity contribution in [2.24, 2.45) is 11.8 Å². The molecule has 0 aromatic carbocycles. The van der Waals surface area contributed by atoms with Crippen molar-refractivity contribution in [2.75, 3.05) is 0 Å². The first-order chi connectivity index (χ1) is 9.87. The van der Waals surface area contributed by atoms with Crippen LogP contribution in [0.4, 0.5) is 0 Å². The molecular formula is C8H16O12S2. The van der Waals surface area contributed by atoms with Gasteiger partial charge in [-0.05, 0) is 11.8 Å². The molecule has 12 nitrogen and oxygen atoms in total. The molecule has 1 aliphatic rings. The summed E-state index contributed by atoms with van der Waals surface area (Å²) in [7, 11) is -10.1. The van der Waals surface area contributed by atoms with Crippen LogP contribution in [0.2, 0.25) is 0 Å². The van der Waals surface area contributed by atoms with E-state index >= 15 is 0 Å². The van der Waals surface area contributed by atoms with Crippen LogP contribution in [-0.4, -0.2) is 60.7 Å². The fourth-order valence-corrected chi connectivity index (χ4v) is 3.35. The molecule has 132 valence electrons. The fraction of sp³-hybridized carbons (Fsp3) is 1.00. The molecular weight excluding hydrogens is 352 g/mol. The predicted octanol–water partition coefficient (Wildman–Crippen LogP) is -1.20. The average Bonchev–Trinajstić information content (AvgIpc) is 2.34. The minimum atomic E-state index is -5.11. The van der Waals surface area contributed by atoms with E-state index in [-0.39, 0.29) is 0 Å². The van der Waals surface area contributed by atoms with Crippen LogP contribution in [0.5, 0.6) is 0 Å². The van der Waals surface area contributed by atoms with Crippen molar-refractivity contribution in [3.8, 4) is 0 Å². The van der Waals surface area contributed by atoms with Crippen LogP contribution in [0, 0.1) is 11.8 Å². The van der Waals surface area contributed by atoms with E-state index in [0.717, 1.165) is 0 Å². The highest BCUT2D eigenvalue weighted by Crippen LogP contribution is 2.37. The van der Waals surface area contributed by atoms with Crippen molar-refractivity contribution in [3.63, 3.8) is 0 Å². The van der Waals surface area contributed by atoms with Gasteiger partial charge in [0.15, 0.2) is 6.10 Å². The minimum Gasteiger partial charge on any atom is -0.390 e. The lowest BCUT2D eigenvalue weighted by Gasteiger charge is -2.44. The number of hydrogen-bond acceptors (Lipinski definition) is 10. The lowest BCUT2D eigenvalue weighted by atomic mass is 9.74. The van der Waals surface area contributed by atoms with Gasteiger partial charge in [0, 0.05) is 0 Å². The summed E-state index contributed by atoms with van der Waals surface area (Å²) in [5, 5.41) is 21.7. The van der Waals surface area contributed by atoms with E-state index in [0.29, 0.717) is 0 Å². The Kier molecular flexibility index (Phi) is 6.24. The lowest BCUT2D eigenvalue weighted by Crippen LogP contribution is -2.60. The summed E-state index contributed by atoms with van der Waals surface area (Å²) in [6.07, 6.45) is -6.83. The van der Waals surface area contributed by atoms with Gasteiger partial charge in [-0.3, -0.25) is 9.11 Å². The smallest absolute Gasteiger partial charge is 0.390 e. The lowest BCUT2D eigenvalue weighted by molar-refractivity contribution is -0.520. The highest BCUT2D eigenvalue weighted by molar-refractivity contribution is 7.81. The Morgan fingerprint density at radius 3 is 1.68 bits per heavy atom. The zero-order valence-electron chi connectivity index (χ0n) is 11.3. The SMILES string of the molecule is C[C@@H]1[C@@H](C)[C@H](OS(=O)(=O)O)C(OS(=O)(=O)O)[C@H](OOO)[C@H]1O. The van der Waals surface area contributed by atoms with Crippen LogP contribution >= 0.6 is 0 Å². The quantitative estimate of drug-likeness (QED) is 0.249. The van der Waals surface area contributed by atoms with E-state index < -0.39 is 57.0 Å². The molecule has 0 aromatic heterocycles. The molecule has 6 atom stereocenters. The molecule has 0 bridgehead atoms. The zero-order chi connectivity index (χ0) is 17.3.